The van der Waals surface area contributed by atoms with E-state index in [0.717, 1.165) is 23.1 Å². The Morgan fingerprint density at radius 3 is 2.43 bits per heavy atom. The Morgan fingerprint density at radius 1 is 1.19 bits per heavy atom. The largest absolute Gasteiger partial charge is 0.330 e. The third-order valence-corrected chi connectivity index (χ3v) is 5.11. The van der Waals surface area contributed by atoms with Crippen LogP contribution in [0.2, 0.25) is 0 Å². The van der Waals surface area contributed by atoms with Gasteiger partial charge in [0, 0.05) is 50.5 Å². The monoisotopic (exact) mass is 292 g/mol. The zero-order valence-electron chi connectivity index (χ0n) is 13.0. The maximum Gasteiger partial charge on any atom is 0.330 e. The number of rotatable bonds is 3. The second-order valence-corrected chi connectivity index (χ2v) is 6.55. The molecule has 0 aromatic carbocycles. The van der Waals surface area contributed by atoms with Crippen LogP contribution < -0.4 is 16.6 Å². The highest BCUT2D eigenvalue weighted by Gasteiger charge is 2.35. The fourth-order valence-corrected chi connectivity index (χ4v) is 3.70. The van der Waals surface area contributed by atoms with Crippen LogP contribution in [0.1, 0.15) is 31.4 Å². The van der Waals surface area contributed by atoms with Crippen LogP contribution in [0.25, 0.3) is 0 Å². The molecule has 3 rings (SSSR count). The summed E-state index contributed by atoms with van der Waals surface area (Å²) in [5, 5.41) is 3.64. The second-order valence-electron chi connectivity index (χ2n) is 6.55. The van der Waals surface area contributed by atoms with Gasteiger partial charge in [-0.3, -0.25) is 18.8 Å². The van der Waals surface area contributed by atoms with Gasteiger partial charge in [-0.05, 0) is 32.7 Å². The molecule has 0 spiro atoms. The number of hydrogen-bond donors (Lipinski definition) is 1. The summed E-state index contributed by atoms with van der Waals surface area (Å²) in [7, 11) is 5.34. The van der Waals surface area contributed by atoms with Crippen molar-refractivity contribution >= 4 is 0 Å². The van der Waals surface area contributed by atoms with Crippen LogP contribution >= 0.6 is 0 Å². The molecular formula is C15H24N4O2. The minimum Gasteiger partial charge on any atom is -0.311 e. The SMILES string of the molecule is CN(Cc1cc(=O)n(C)c(=O)n1C)C1CC2CCC(C1)N2. The van der Waals surface area contributed by atoms with E-state index in [0.29, 0.717) is 24.7 Å². The van der Waals surface area contributed by atoms with E-state index >= 15 is 0 Å². The minimum absolute atomic E-state index is 0.230. The van der Waals surface area contributed by atoms with Crippen LogP contribution in [0.15, 0.2) is 15.7 Å². The zero-order chi connectivity index (χ0) is 15.1. The summed E-state index contributed by atoms with van der Waals surface area (Å²) in [4.78, 5) is 26.1. The summed E-state index contributed by atoms with van der Waals surface area (Å²) in [5.74, 6) is 0. The highest BCUT2D eigenvalue weighted by Crippen LogP contribution is 2.29. The molecule has 2 saturated heterocycles. The first-order valence-corrected chi connectivity index (χ1v) is 7.68. The summed E-state index contributed by atoms with van der Waals surface area (Å²) >= 11 is 0. The fraction of sp³-hybridized carbons (Fsp3) is 0.733. The molecule has 1 N–H and O–H groups in total. The Hall–Kier alpha value is -1.40. The molecule has 3 heterocycles. The van der Waals surface area contributed by atoms with Crippen molar-refractivity contribution in [3.05, 3.63) is 32.6 Å². The third-order valence-electron chi connectivity index (χ3n) is 5.11. The normalized spacial score (nSPS) is 28.3. The Morgan fingerprint density at radius 2 is 1.81 bits per heavy atom. The van der Waals surface area contributed by atoms with E-state index in [1.165, 1.54) is 19.9 Å². The predicted molar refractivity (Wildman–Crippen MR) is 81.4 cm³/mol. The molecular weight excluding hydrogens is 268 g/mol. The van der Waals surface area contributed by atoms with Gasteiger partial charge in [0.2, 0.25) is 0 Å². The minimum atomic E-state index is -0.253. The lowest BCUT2D eigenvalue weighted by Crippen LogP contribution is -2.47. The van der Waals surface area contributed by atoms with Crippen molar-refractivity contribution < 1.29 is 0 Å². The van der Waals surface area contributed by atoms with Crippen LogP contribution in [-0.4, -0.2) is 39.2 Å². The summed E-state index contributed by atoms with van der Waals surface area (Å²) in [6.45, 7) is 0.645. The van der Waals surface area contributed by atoms with Crippen LogP contribution in [0.4, 0.5) is 0 Å². The maximum absolute atomic E-state index is 12.0. The van der Waals surface area contributed by atoms with Crippen molar-refractivity contribution in [2.45, 2.75) is 50.4 Å². The smallest absolute Gasteiger partial charge is 0.311 e. The molecule has 2 atom stereocenters. The fourth-order valence-electron chi connectivity index (χ4n) is 3.70. The summed E-state index contributed by atoms with van der Waals surface area (Å²) < 4.78 is 2.72. The Labute approximate surface area is 124 Å². The molecule has 0 saturated carbocycles. The van der Waals surface area contributed by atoms with Crippen molar-refractivity contribution in [1.29, 1.82) is 0 Å². The number of piperidine rings is 1. The molecule has 0 amide bonds. The summed E-state index contributed by atoms with van der Waals surface area (Å²) in [5.41, 5.74) is 0.305. The van der Waals surface area contributed by atoms with E-state index in [1.807, 2.05) is 0 Å². The van der Waals surface area contributed by atoms with Crippen molar-refractivity contribution in [2.24, 2.45) is 14.1 Å². The van der Waals surface area contributed by atoms with Crippen molar-refractivity contribution in [3.8, 4) is 0 Å². The standard InChI is InChI=1S/C15H24N4O2/c1-17(12-6-10-4-5-11(7-12)16-10)9-13-8-14(20)19(3)15(21)18(13)2/h8,10-12,16H,4-7,9H2,1-3H3. The van der Waals surface area contributed by atoms with Crippen LogP contribution in [0.5, 0.6) is 0 Å². The molecule has 21 heavy (non-hydrogen) atoms. The quantitative estimate of drug-likeness (QED) is 0.838. The maximum atomic E-state index is 12.0. The van der Waals surface area contributed by atoms with Gasteiger partial charge in [-0.25, -0.2) is 4.79 Å². The second kappa shape index (κ2) is 5.42. The molecule has 2 bridgehead atoms. The molecule has 6 nitrogen and oxygen atoms in total. The molecule has 2 aliphatic rings. The topological polar surface area (TPSA) is 59.3 Å². The molecule has 2 fully saturated rings. The molecule has 2 unspecified atom stereocenters. The van der Waals surface area contributed by atoms with Gasteiger partial charge in [0.25, 0.3) is 5.56 Å². The number of hydrogen-bond acceptors (Lipinski definition) is 4. The van der Waals surface area contributed by atoms with Crippen LogP contribution in [-0.2, 0) is 20.6 Å². The number of nitrogens with zero attached hydrogens (tertiary/aromatic N) is 3. The van der Waals surface area contributed by atoms with E-state index in [2.05, 4.69) is 17.3 Å². The molecule has 116 valence electrons. The van der Waals surface area contributed by atoms with Gasteiger partial charge in [0.05, 0.1) is 0 Å². The first-order valence-electron chi connectivity index (χ1n) is 7.68. The van der Waals surface area contributed by atoms with Crippen LogP contribution in [0, 0.1) is 0 Å². The summed E-state index contributed by atoms with van der Waals surface area (Å²) in [6.07, 6.45) is 4.87. The lowest BCUT2D eigenvalue weighted by atomic mass is 9.98. The summed E-state index contributed by atoms with van der Waals surface area (Å²) in [6, 6.07) is 3.39. The molecule has 1 aromatic heterocycles. The van der Waals surface area contributed by atoms with Gasteiger partial charge in [-0.15, -0.1) is 0 Å². The molecule has 0 aliphatic carbocycles. The van der Waals surface area contributed by atoms with Gasteiger partial charge < -0.3 is 5.32 Å². The lowest BCUT2D eigenvalue weighted by Gasteiger charge is -2.35. The third kappa shape index (κ3) is 2.70. The number of fused-ring (bicyclic) bond motifs is 2. The van der Waals surface area contributed by atoms with Gasteiger partial charge in [-0.1, -0.05) is 0 Å². The Bertz CT molecular complexity index is 636. The van der Waals surface area contributed by atoms with E-state index in [9.17, 15) is 9.59 Å². The van der Waals surface area contributed by atoms with Crippen molar-refractivity contribution in [1.82, 2.24) is 19.4 Å². The van der Waals surface area contributed by atoms with Gasteiger partial charge >= 0.3 is 5.69 Å². The molecule has 0 radical (unpaired) electrons. The number of aromatic nitrogens is 2. The lowest BCUT2D eigenvalue weighted by molar-refractivity contribution is 0.162. The predicted octanol–water partition coefficient (Wildman–Crippen LogP) is -0.201. The Balaban J connectivity index is 1.77. The van der Waals surface area contributed by atoms with Gasteiger partial charge in [0.15, 0.2) is 0 Å². The van der Waals surface area contributed by atoms with E-state index in [-0.39, 0.29) is 11.2 Å². The first-order chi connectivity index (χ1) is 9.95. The highest BCUT2D eigenvalue weighted by molar-refractivity contribution is 5.03. The van der Waals surface area contributed by atoms with E-state index in [1.54, 1.807) is 17.7 Å². The van der Waals surface area contributed by atoms with E-state index in [4.69, 9.17) is 0 Å². The van der Waals surface area contributed by atoms with Crippen LogP contribution in [0.3, 0.4) is 0 Å². The average molecular weight is 292 g/mol. The molecule has 2 aliphatic heterocycles. The zero-order valence-corrected chi connectivity index (χ0v) is 13.0. The molecule has 1 aromatic rings. The van der Waals surface area contributed by atoms with Gasteiger partial charge in [0.1, 0.15) is 0 Å². The van der Waals surface area contributed by atoms with Crippen molar-refractivity contribution in [3.63, 3.8) is 0 Å². The van der Waals surface area contributed by atoms with Gasteiger partial charge in [-0.2, -0.15) is 0 Å². The highest BCUT2D eigenvalue weighted by atomic mass is 16.2. The number of nitrogens with one attached hydrogen (secondary N) is 1. The average Bonchev–Trinajstić information content (AvgIpc) is 2.80. The Kier molecular flexibility index (Phi) is 3.75. The van der Waals surface area contributed by atoms with Crippen molar-refractivity contribution in [2.75, 3.05) is 7.05 Å². The molecule has 6 heteroatoms. The first kappa shape index (κ1) is 14.5. The van der Waals surface area contributed by atoms with E-state index < -0.39 is 0 Å².